The zero-order chi connectivity index (χ0) is 30.3. The molecule has 0 saturated heterocycles. The third kappa shape index (κ3) is 6.75. The van der Waals surface area contributed by atoms with E-state index in [-0.39, 0.29) is 5.95 Å². The number of nitrogens with one attached hydrogen (secondary N) is 1. The summed E-state index contributed by atoms with van der Waals surface area (Å²) in [4.78, 5) is 17.8. The van der Waals surface area contributed by atoms with Crippen LogP contribution in [0.1, 0.15) is 5.56 Å². The van der Waals surface area contributed by atoms with Crippen LogP contribution in [-0.2, 0) is 22.6 Å². The van der Waals surface area contributed by atoms with Crippen LogP contribution in [0.25, 0.3) is 33.0 Å². The number of pyridine rings is 1. The van der Waals surface area contributed by atoms with Gasteiger partial charge >= 0.3 is 0 Å². The van der Waals surface area contributed by atoms with Gasteiger partial charge < -0.3 is 34.6 Å². The van der Waals surface area contributed by atoms with Crippen molar-refractivity contribution in [2.75, 3.05) is 51.1 Å². The molecule has 0 aliphatic rings. The molecule has 11 nitrogen and oxygen atoms in total. The quantitative estimate of drug-likeness (QED) is 0.120. The lowest BCUT2D eigenvalue weighted by molar-refractivity contribution is 0.0487. The van der Waals surface area contributed by atoms with Crippen LogP contribution >= 0.6 is 11.6 Å². The minimum atomic E-state index is 0.126. The van der Waals surface area contributed by atoms with Crippen LogP contribution in [-0.4, -0.2) is 64.6 Å². The SMILES string of the molecule is COc1ccc2nc3cc(Cl)ccc3c(NCCOCCOCCn3cnc4c(OCc5ccccc5)nc(N)nc43)c2c1. The number of aromatic nitrogens is 5. The van der Waals surface area contributed by atoms with Gasteiger partial charge in [-0.1, -0.05) is 41.9 Å². The molecule has 0 fully saturated rings. The summed E-state index contributed by atoms with van der Waals surface area (Å²) < 4.78 is 24.8. The molecule has 3 heterocycles. The Kier molecular flexibility index (Phi) is 9.16. The van der Waals surface area contributed by atoms with Gasteiger partial charge in [-0.25, -0.2) is 9.97 Å². The monoisotopic (exact) mass is 613 g/mol. The molecule has 226 valence electrons. The van der Waals surface area contributed by atoms with Crippen molar-refractivity contribution in [3.05, 3.63) is 83.6 Å². The Balaban J connectivity index is 0.975. The molecule has 0 radical (unpaired) electrons. The molecule has 0 spiro atoms. The Morgan fingerprint density at radius 1 is 0.864 bits per heavy atom. The molecule has 6 rings (SSSR count). The smallest absolute Gasteiger partial charge is 0.247 e. The fourth-order valence-electron chi connectivity index (χ4n) is 4.87. The van der Waals surface area contributed by atoms with E-state index < -0.39 is 0 Å². The summed E-state index contributed by atoms with van der Waals surface area (Å²) in [7, 11) is 1.65. The van der Waals surface area contributed by atoms with Crippen molar-refractivity contribution in [1.29, 1.82) is 0 Å². The van der Waals surface area contributed by atoms with Crippen LogP contribution in [0, 0.1) is 0 Å². The maximum atomic E-state index is 6.23. The minimum Gasteiger partial charge on any atom is -0.497 e. The van der Waals surface area contributed by atoms with Gasteiger partial charge in [-0.3, -0.25) is 0 Å². The fraction of sp³-hybridized carbons (Fsp3) is 0.250. The highest BCUT2D eigenvalue weighted by Crippen LogP contribution is 2.34. The maximum Gasteiger partial charge on any atom is 0.247 e. The zero-order valence-electron chi connectivity index (χ0n) is 24.2. The maximum absolute atomic E-state index is 6.23. The highest BCUT2D eigenvalue weighted by molar-refractivity contribution is 6.31. The molecule has 0 unspecified atom stereocenters. The Bertz CT molecular complexity index is 1880. The number of benzene rings is 3. The van der Waals surface area contributed by atoms with Crippen molar-refractivity contribution in [2.24, 2.45) is 0 Å². The van der Waals surface area contributed by atoms with E-state index in [0.717, 1.165) is 38.8 Å². The summed E-state index contributed by atoms with van der Waals surface area (Å²) in [5.74, 6) is 1.25. The minimum absolute atomic E-state index is 0.126. The van der Waals surface area contributed by atoms with E-state index in [1.54, 1.807) is 13.4 Å². The molecule has 0 amide bonds. The highest BCUT2D eigenvalue weighted by Gasteiger charge is 2.14. The van der Waals surface area contributed by atoms with Gasteiger partial charge in [0.1, 0.15) is 12.4 Å². The van der Waals surface area contributed by atoms with Gasteiger partial charge in [0.15, 0.2) is 11.2 Å². The first kappa shape index (κ1) is 29.4. The number of hydrogen-bond acceptors (Lipinski definition) is 10. The molecule has 0 atom stereocenters. The lowest BCUT2D eigenvalue weighted by atomic mass is 10.1. The number of nitrogen functional groups attached to an aromatic ring is 1. The van der Waals surface area contributed by atoms with Crippen LogP contribution in [0.4, 0.5) is 11.6 Å². The van der Waals surface area contributed by atoms with E-state index in [0.29, 0.717) is 68.2 Å². The van der Waals surface area contributed by atoms with Gasteiger partial charge in [0.05, 0.1) is 56.6 Å². The molecule has 44 heavy (non-hydrogen) atoms. The predicted octanol–water partition coefficient (Wildman–Crippen LogP) is 5.50. The average Bonchev–Trinajstić information content (AvgIpc) is 3.45. The number of fused-ring (bicyclic) bond motifs is 3. The van der Waals surface area contributed by atoms with E-state index >= 15 is 0 Å². The second kappa shape index (κ2) is 13.7. The number of ether oxygens (including phenoxy) is 4. The van der Waals surface area contributed by atoms with Gasteiger partial charge in [0, 0.05) is 28.9 Å². The average molecular weight is 614 g/mol. The number of hydrogen-bond donors (Lipinski definition) is 2. The van der Waals surface area contributed by atoms with Crippen LogP contribution in [0.15, 0.2) is 73.1 Å². The first-order chi connectivity index (χ1) is 21.6. The molecular weight excluding hydrogens is 582 g/mol. The number of rotatable bonds is 14. The Labute approximate surface area is 258 Å². The summed E-state index contributed by atoms with van der Waals surface area (Å²) >= 11 is 6.23. The number of halogens is 1. The molecule has 0 aliphatic heterocycles. The summed E-state index contributed by atoms with van der Waals surface area (Å²) in [6.07, 6.45) is 1.69. The molecule has 3 N–H and O–H groups in total. The molecule has 6 aromatic rings. The van der Waals surface area contributed by atoms with Gasteiger partial charge in [-0.15, -0.1) is 0 Å². The summed E-state index contributed by atoms with van der Waals surface area (Å²) in [5, 5.41) is 6.11. The van der Waals surface area contributed by atoms with E-state index in [2.05, 4.69) is 20.3 Å². The summed E-state index contributed by atoms with van der Waals surface area (Å²) in [5.41, 5.74) is 10.8. The van der Waals surface area contributed by atoms with Crippen LogP contribution in [0.3, 0.4) is 0 Å². The van der Waals surface area contributed by atoms with E-state index in [1.165, 1.54) is 0 Å². The topological polar surface area (TPSA) is 131 Å². The fourth-order valence-corrected chi connectivity index (χ4v) is 5.04. The van der Waals surface area contributed by atoms with Crippen LogP contribution < -0.4 is 20.5 Å². The zero-order valence-corrected chi connectivity index (χ0v) is 25.0. The van der Waals surface area contributed by atoms with Crippen LogP contribution in [0.5, 0.6) is 11.6 Å². The Morgan fingerprint density at radius 3 is 2.55 bits per heavy atom. The molecule has 12 heteroatoms. The van der Waals surface area contributed by atoms with Crippen LogP contribution in [0.2, 0.25) is 5.02 Å². The molecule has 3 aromatic carbocycles. The first-order valence-corrected chi connectivity index (χ1v) is 14.6. The molecular formula is C32H32ClN7O4. The number of nitrogens with two attached hydrogens (primary N) is 1. The van der Waals surface area contributed by atoms with Gasteiger partial charge in [-0.05, 0) is 42.0 Å². The Hall–Kier alpha value is -4.71. The van der Waals surface area contributed by atoms with E-state index in [1.807, 2.05) is 71.3 Å². The second-order valence-corrected chi connectivity index (χ2v) is 10.4. The molecule has 0 aliphatic carbocycles. The standard InChI is InChI=1S/C32H32ClN7O4/c1-41-23-8-10-26-25(18-23)28(24-9-7-22(33)17-27(24)37-26)35-11-13-42-15-16-43-14-12-40-20-36-29-30(40)38-32(34)39-31(29)44-19-21-5-3-2-4-6-21/h2-10,17-18,20H,11-16,19H2,1H3,(H,35,37)(H2,34,38,39). The van der Waals surface area contributed by atoms with Crippen molar-refractivity contribution >= 4 is 56.2 Å². The van der Waals surface area contributed by atoms with Crippen molar-refractivity contribution in [1.82, 2.24) is 24.5 Å². The Morgan fingerprint density at radius 2 is 1.70 bits per heavy atom. The third-order valence-electron chi connectivity index (χ3n) is 7.01. The first-order valence-electron chi connectivity index (χ1n) is 14.2. The number of nitrogens with zero attached hydrogens (tertiary/aromatic N) is 5. The normalized spacial score (nSPS) is 11.4. The third-order valence-corrected chi connectivity index (χ3v) is 7.24. The van der Waals surface area contributed by atoms with Crippen molar-refractivity contribution < 1.29 is 18.9 Å². The largest absolute Gasteiger partial charge is 0.497 e. The molecule has 0 bridgehead atoms. The lowest BCUT2D eigenvalue weighted by Crippen LogP contribution is -2.14. The number of imidazole rings is 1. The van der Waals surface area contributed by atoms with Gasteiger partial charge in [-0.2, -0.15) is 9.97 Å². The van der Waals surface area contributed by atoms with Crippen molar-refractivity contribution in [2.45, 2.75) is 13.2 Å². The second-order valence-electron chi connectivity index (χ2n) is 9.95. The van der Waals surface area contributed by atoms with Gasteiger partial charge in [0.2, 0.25) is 11.8 Å². The van der Waals surface area contributed by atoms with Gasteiger partial charge in [0.25, 0.3) is 0 Å². The molecule has 3 aromatic heterocycles. The summed E-state index contributed by atoms with van der Waals surface area (Å²) in [6, 6.07) is 21.4. The number of methoxy groups -OCH3 is 1. The van der Waals surface area contributed by atoms with E-state index in [4.69, 9.17) is 41.3 Å². The number of anilines is 2. The lowest BCUT2D eigenvalue weighted by Gasteiger charge is -2.14. The van der Waals surface area contributed by atoms with E-state index in [9.17, 15) is 0 Å². The highest BCUT2D eigenvalue weighted by atomic mass is 35.5. The summed E-state index contributed by atoms with van der Waals surface area (Å²) in [6.45, 7) is 3.37. The predicted molar refractivity (Wildman–Crippen MR) is 171 cm³/mol. The van der Waals surface area contributed by atoms with Crippen molar-refractivity contribution in [3.8, 4) is 11.6 Å². The molecule has 0 saturated carbocycles. The van der Waals surface area contributed by atoms with Crippen molar-refractivity contribution in [3.63, 3.8) is 0 Å².